The molecule has 0 spiro atoms. The minimum atomic E-state index is 0.234. The van der Waals surface area contributed by atoms with Gasteiger partial charge in [-0.15, -0.1) is 0 Å². The van der Waals surface area contributed by atoms with E-state index in [0.717, 1.165) is 12.8 Å². The van der Waals surface area contributed by atoms with Gasteiger partial charge in [0.05, 0.1) is 12.0 Å². The van der Waals surface area contributed by atoms with Crippen LogP contribution in [-0.2, 0) is 0 Å². The molecule has 0 N–H and O–H groups in total. The lowest BCUT2D eigenvalue weighted by Gasteiger charge is -2.43. The summed E-state index contributed by atoms with van der Waals surface area (Å²) in [6.45, 7) is 2.28. The molecule has 0 aromatic heterocycles. The highest BCUT2D eigenvalue weighted by molar-refractivity contribution is 5.24. The lowest BCUT2D eigenvalue weighted by molar-refractivity contribution is 0.0898. The van der Waals surface area contributed by atoms with Crippen LogP contribution in [-0.4, -0.2) is 24.0 Å². The third kappa shape index (κ3) is 2.60. The van der Waals surface area contributed by atoms with E-state index in [4.69, 9.17) is 0 Å². The molecule has 1 aromatic rings. The zero-order valence-electron chi connectivity index (χ0n) is 13.2. The van der Waals surface area contributed by atoms with Crippen molar-refractivity contribution in [3.05, 3.63) is 35.9 Å². The van der Waals surface area contributed by atoms with Crippen LogP contribution in [0.3, 0.4) is 0 Å². The van der Waals surface area contributed by atoms with Crippen molar-refractivity contribution in [3.8, 4) is 6.07 Å². The second kappa shape index (κ2) is 6.20. The molecule has 0 amide bonds. The second-order valence-electron chi connectivity index (χ2n) is 6.83. The lowest BCUT2D eigenvalue weighted by Crippen LogP contribution is -2.46. The molecule has 21 heavy (non-hydrogen) atoms. The van der Waals surface area contributed by atoms with Gasteiger partial charge in [0.2, 0.25) is 0 Å². The minimum Gasteiger partial charge on any atom is -0.299 e. The molecule has 2 nitrogen and oxygen atoms in total. The molecule has 2 saturated heterocycles. The lowest BCUT2D eigenvalue weighted by atomic mass is 9.74. The zero-order chi connectivity index (χ0) is 14.8. The summed E-state index contributed by atoms with van der Waals surface area (Å²) in [5, 5.41) is 9.47. The van der Waals surface area contributed by atoms with Gasteiger partial charge in [-0.3, -0.25) is 4.90 Å². The Morgan fingerprint density at radius 1 is 1.19 bits per heavy atom. The number of nitriles is 1. The number of hydrogen-bond acceptors (Lipinski definition) is 2. The van der Waals surface area contributed by atoms with Gasteiger partial charge < -0.3 is 0 Å². The highest BCUT2D eigenvalue weighted by Gasteiger charge is 2.50. The largest absolute Gasteiger partial charge is 0.299 e. The molecule has 3 rings (SSSR count). The number of hydrogen-bond donors (Lipinski definition) is 0. The number of unbranched alkanes of at least 4 members (excludes halogenated alkanes) is 1. The van der Waals surface area contributed by atoms with Crippen LogP contribution in [0.15, 0.2) is 30.3 Å². The standard InChI is InChI=1S/C19H26N2/c1-3-4-10-16-17(14-8-6-5-7-9-14)12-18-15(13-20)11-19(16)21(18)2/h5-9,15-19H,3-4,10-12H2,1-2H3/t15-,16+,17+,18-,19-/m1/s1. The molecule has 2 fully saturated rings. The van der Waals surface area contributed by atoms with Crippen LogP contribution in [0.25, 0.3) is 0 Å². The summed E-state index contributed by atoms with van der Waals surface area (Å²) in [4.78, 5) is 2.52. The van der Waals surface area contributed by atoms with Gasteiger partial charge in [0.15, 0.2) is 0 Å². The van der Waals surface area contributed by atoms with Crippen LogP contribution in [0.4, 0.5) is 0 Å². The molecule has 0 aliphatic carbocycles. The van der Waals surface area contributed by atoms with Crippen LogP contribution < -0.4 is 0 Å². The molecule has 112 valence electrons. The highest BCUT2D eigenvalue weighted by atomic mass is 15.2. The van der Waals surface area contributed by atoms with Crippen molar-refractivity contribution in [3.63, 3.8) is 0 Å². The Kier molecular flexibility index (Phi) is 4.31. The van der Waals surface area contributed by atoms with E-state index in [9.17, 15) is 5.26 Å². The SMILES string of the molecule is CCCC[C@@H]1[C@H]2C[C@H](C#N)[C@@H](C[C@H]1c1ccccc1)N2C. The molecule has 0 radical (unpaired) electrons. The second-order valence-corrected chi connectivity index (χ2v) is 6.83. The summed E-state index contributed by atoms with van der Waals surface area (Å²) in [5.41, 5.74) is 1.49. The van der Waals surface area contributed by atoms with Gasteiger partial charge in [-0.25, -0.2) is 0 Å². The number of benzene rings is 1. The number of piperidine rings is 1. The minimum absolute atomic E-state index is 0.234. The van der Waals surface area contributed by atoms with E-state index >= 15 is 0 Å². The van der Waals surface area contributed by atoms with Gasteiger partial charge in [-0.2, -0.15) is 5.26 Å². The average molecular weight is 282 g/mol. The van der Waals surface area contributed by atoms with Crippen LogP contribution in [0.5, 0.6) is 0 Å². The fourth-order valence-electron chi connectivity index (χ4n) is 4.68. The van der Waals surface area contributed by atoms with Gasteiger partial charge in [0.1, 0.15) is 0 Å². The third-order valence-electron chi connectivity index (χ3n) is 5.80. The zero-order valence-corrected chi connectivity index (χ0v) is 13.2. The Morgan fingerprint density at radius 3 is 2.62 bits per heavy atom. The van der Waals surface area contributed by atoms with Gasteiger partial charge in [-0.1, -0.05) is 50.1 Å². The molecule has 2 aliphatic rings. The van der Waals surface area contributed by atoms with Gasteiger partial charge in [-0.05, 0) is 43.7 Å². The normalized spacial score (nSPS) is 35.6. The molecule has 2 bridgehead atoms. The Bertz CT molecular complexity index is 504. The van der Waals surface area contributed by atoms with Gasteiger partial charge in [0.25, 0.3) is 0 Å². The topological polar surface area (TPSA) is 27.0 Å². The summed E-state index contributed by atoms with van der Waals surface area (Å²) < 4.78 is 0. The maximum absolute atomic E-state index is 9.47. The fourth-order valence-corrected chi connectivity index (χ4v) is 4.68. The first-order chi connectivity index (χ1) is 10.3. The summed E-state index contributed by atoms with van der Waals surface area (Å²) in [6, 6.07) is 14.6. The molecule has 2 aliphatic heterocycles. The predicted octanol–water partition coefficient (Wildman–Crippen LogP) is 4.19. The molecular formula is C19H26N2. The maximum Gasteiger partial charge on any atom is 0.0672 e. The molecular weight excluding hydrogens is 256 g/mol. The van der Waals surface area contributed by atoms with E-state index < -0.39 is 0 Å². The number of fused-ring (bicyclic) bond motifs is 2. The molecule has 2 heteroatoms. The smallest absolute Gasteiger partial charge is 0.0672 e. The molecule has 0 unspecified atom stereocenters. The Hall–Kier alpha value is -1.33. The van der Waals surface area contributed by atoms with Crippen LogP contribution in [0, 0.1) is 23.2 Å². The van der Waals surface area contributed by atoms with Crippen LogP contribution in [0.2, 0.25) is 0 Å². The fraction of sp³-hybridized carbons (Fsp3) is 0.632. The molecule has 2 heterocycles. The van der Waals surface area contributed by atoms with E-state index in [0.29, 0.717) is 23.9 Å². The highest BCUT2D eigenvalue weighted by Crippen LogP contribution is 2.49. The van der Waals surface area contributed by atoms with Crippen molar-refractivity contribution in [2.24, 2.45) is 11.8 Å². The quantitative estimate of drug-likeness (QED) is 0.828. The van der Waals surface area contributed by atoms with Crippen LogP contribution in [0.1, 0.15) is 50.5 Å². The van der Waals surface area contributed by atoms with E-state index in [1.165, 1.54) is 24.8 Å². The van der Waals surface area contributed by atoms with Crippen molar-refractivity contribution in [1.82, 2.24) is 4.90 Å². The first kappa shape index (κ1) is 14.6. The van der Waals surface area contributed by atoms with Crippen molar-refractivity contribution < 1.29 is 0 Å². The van der Waals surface area contributed by atoms with Crippen molar-refractivity contribution >= 4 is 0 Å². The summed E-state index contributed by atoms with van der Waals surface area (Å²) in [5.74, 6) is 1.59. The van der Waals surface area contributed by atoms with E-state index in [2.05, 4.69) is 55.3 Å². The summed E-state index contributed by atoms with van der Waals surface area (Å²) >= 11 is 0. The van der Waals surface area contributed by atoms with E-state index in [1.54, 1.807) is 0 Å². The van der Waals surface area contributed by atoms with Crippen molar-refractivity contribution in [2.45, 2.75) is 57.0 Å². The molecule has 0 saturated carbocycles. The van der Waals surface area contributed by atoms with E-state index in [-0.39, 0.29) is 5.92 Å². The Labute approximate surface area is 128 Å². The van der Waals surface area contributed by atoms with Crippen LogP contribution >= 0.6 is 0 Å². The third-order valence-corrected chi connectivity index (χ3v) is 5.80. The maximum atomic E-state index is 9.47. The monoisotopic (exact) mass is 282 g/mol. The van der Waals surface area contributed by atoms with Gasteiger partial charge in [0, 0.05) is 12.1 Å². The first-order valence-corrected chi connectivity index (χ1v) is 8.42. The molecule has 5 atom stereocenters. The first-order valence-electron chi connectivity index (χ1n) is 8.42. The van der Waals surface area contributed by atoms with Crippen molar-refractivity contribution in [1.29, 1.82) is 5.26 Å². The molecule has 1 aromatic carbocycles. The van der Waals surface area contributed by atoms with Crippen molar-refractivity contribution in [2.75, 3.05) is 7.05 Å². The number of nitrogens with zero attached hydrogens (tertiary/aromatic N) is 2. The average Bonchev–Trinajstić information content (AvgIpc) is 2.74. The number of rotatable bonds is 4. The summed E-state index contributed by atoms with van der Waals surface area (Å²) in [6.07, 6.45) is 6.11. The van der Waals surface area contributed by atoms with E-state index in [1.807, 2.05) is 0 Å². The summed E-state index contributed by atoms with van der Waals surface area (Å²) in [7, 11) is 2.24. The Morgan fingerprint density at radius 2 is 1.95 bits per heavy atom. The van der Waals surface area contributed by atoms with Gasteiger partial charge >= 0.3 is 0 Å². The Balaban J connectivity index is 1.90. The predicted molar refractivity (Wildman–Crippen MR) is 85.9 cm³/mol.